The average molecular weight is 393 g/mol. The number of hydrogen-bond donors (Lipinski definition) is 1. The predicted octanol–water partition coefficient (Wildman–Crippen LogP) is 3.80. The number of nitrogens with zero attached hydrogens (tertiary/aromatic N) is 1. The number of amides is 1. The minimum Gasteiger partial charge on any atom is -0.331 e. The second kappa shape index (κ2) is 7.90. The molecule has 0 aliphatic carbocycles. The van der Waals surface area contributed by atoms with Gasteiger partial charge in [0.2, 0.25) is 10.0 Å². The molecule has 2 unspecified atom stereocenters. The van der Waals surface area contributed by atoms with Crippen molar-refractivity contribution in [2.45, 2.75) is 50.1 Å². The summed E-state index contributed by atoms with van der Waals surface area (Å²) in [4.78, 5) is 16.2. The molecule has 0 bridgehead atoms. The predicted molar refractivity (Wildman–Crippen MR) is 104 cm³/mol. The van der Waals surface area contributed by atoms with Crippen LogP contribution in [0, 0.1) is 0 Å². The molecule has 2 heterocycles. The molecule has 1 N–H and O–H groups in total. The lowest BCUT2D eigenvalue weighted by molar-refractivity contribution is 0.0738. The first-order chi connectivity index (χ1) is 12.4. The summed E-state index contributed by atoms with van der Waals surface area (Å²) < 4.78 is 27.3. The molecule has 1 saturated heterocycles. The van der Waals surface area contributed by atoms with Crippen LogP contribution in [0.25, 0.3) is 0 Å². The van der Waals surface area contributed by atoms with E-state index < -0.39 is 10.0 Å². The number of rotatable bonds is 6. The van der Waals surface area contributed by atoms with Crippen molar-refractivity contribution in [3.63, 3.8) is 0 Å². The SMILES string of the molecule is CCC(C)NS(=O)(=O)c1ccc(C(=O)N2CCCC2c2cccs2)cc1. The van der Waals surface area contributed by atoms with E-state index in [1.807, 2.05) is 30.2 Å². The summed E-state index contributed by atoms with van der Waals surface area (Å²) in [6, 6.07) is 10.3. The quantitative estimate of drug-likeness (QED) is 0.813. The van der Waals surface area contributed by atoms with Gasteiger partial charge in [0.15, 0.2) is 0 Å². The normalized spacial score (nSPS) is 18.8. The maximum absolute atomic E-state index is 12.9. The summed E-state index contributed by atoms with van der Waals surface area (Å²) >= 11 is 1.67. The van der Waals surface area contributed by atoms with Crippen molar-refractivity contribution in [1.29, 1.82) is 0 Å². The van der Waals surface area contributed by atoms with Gasteiger partial charge in [0.05, 0.1) is 10.9 Å². The number of nitrogens with one attached hydrogen (secondary N) is 1. The van der Waals surface area contributed by atoms with Gasteiger partial charge in [-0.15, -0.1) is 11.3 Å². The molecule has 1 aliphatic heterocycles. The maximum Gasteiger partial charge on any atom is 0.254 e. The lowest BCUT2D eigenvalue weighted by Gasteiger charge is -2.24. The van der Waals surface area contributed by atoms with E-state index in [2.05, 4.69) is 10.8 Å². The fraction of sp³-hybridized carbons (Fsp3) is 0.421. The van der Waals surface area contributed by atoms with E-state index in [1.165, 1.54) is 17.0 Å². The Morgan fingerprint density at radius 3 is 2.65 bits per heavy atom. The van der Waals surface area contributed by atoms with Crippen molar-refractivity contribution in [2.75, 3.05) is 6.54 Å². The number of hydrogen-bond acceptors (Lipinski definition) is 4. The summed E-state index contributed by atoms with van der Waals surface area (Å²) in [6.45, 7) is 4.49. The third-order valence-corrected chi connectivity index (χ3v) is 7.34. The molecule has 0 saturated carbocycles. The highest BCUT2D eigenvalue weighted by atomic mass is 32.2. The fourth-order valence-electron chi connectivity index (χ4n) is 3.15. The Balaban J connectivity index is 1.77. The Bertz CT molecular complexity index is 845. The maximum atomic E-state index is 12.9. The van der Waals surface area contributed by atoms with Crippen LogP contribution in [0.5, 0.6) is 0 Å². The summed E-state index contributed by atoms with van der Waals surface area (Å²) in [5.41, 5.74) is 0.524. The van der Waals surface area contributed by atoms with E-state index in [0.717, 1.165) is 25.8 Å². The standard InChI is InChI=1S/C19H24N2O3S2/c1-3-14(2)20-26(23,24)16-10-8-15(9-11-16)19(22)21-12-4-6-17(21)18-7-5-13-25-18/h5,7-11,13-14,17,20H,3-4,6,12H2,1-2H3. The zero-order chi connectivity index (χ0) is 18.7. The fourth-order valence-corrected chi connectivity index (χ4v) is 5.35. The van der Waals surface area contributed by atoms with Gasteiger partial charge >= 0.3 is 0 Å². The molecule has 0 radical (unpaired) electrons. The first-order valence-electron chi connectivity index (χ1n) is 8.89. The molecule has 140 valence electrons. The van der Waals surface area contributed by atoms with Gasteiger partial charge in [-0.3, -0.25) is 4.79 Å². The van der Waals surface area contributed by atoms with Crippen molar-refractivity contribution in [3.05, 3.63) is 52.2 Å². The third kappa shape index (κ3) is 4.00. The van der Waals surface area contributed by atoms with E-state index in [9.17, 15) is 13.2 Å². The largest absolute Gasteiger partial charge is 0.331 e. The number of benzene rings is 1. The van der Waals surface area contributed by atoms with Gasteiger partial charge in [0.1, 0.15) is 0 Å². The van der Waals surface area contributed by atoms with E-state index in [0.29, 0.717) is 5.56 Å². The van der Waals surface area contributed by atoms with E-state index in [-0.39, 0.29) is 22.9 Å². The average Bonchev–Trinajstić information content (AvgIpc) is 3.31. The molecule has 26 heavy (non-hydrogen) atoms. The molecular formula is C19H24N2O3S2. The monoisotopic (exact) mass is 392 g/mol. The summed E-state index contributed by atoms with van der Waals surface area (Å²) in [5.74, 6) is -0.0419. The van der Waals surface area contributed by atoms with Gasteiger partial charge in [-0.25, -0.2) is 13.1 Å². The van der Waals surface area contributed by atoms with Crippen molar-refractivity contribution in [1.82, 2.24) is 9.62 Å². The van der Waals surface area contributed by atoms with Gasteiger partial charge in [-0.05, 0) is 61.9 Å². The first-order valence-corrected chi connectivity index (χ1v) is 11.3. The number of sulfonamides is 1. The van der Waals surface area contributed by atoms with Gasteiger partial charge in [-0.1, -0.05) is 13.0 Å². The molecule has 1 aromatic heterocycles. The molecule has 3 rings (SSSR count). The van der Waals surface area contributed by atoms with Crippen molar-refractivity contribution in [3.8, 4) is 0 Å². The molecule has 7 heteroatoms. The minimum absolute atomic E-state index is 0.0419. The molecule has 2 aromatic rings. The minimum atomic E-state index is -3.55. The molecule has 1 aromatic carbocycles. The molecule has 1 aliphatic rings. The Hall–Kier alpha value is -1.70. The third-order valence-electron chi connectivity index (χ3n) is 4.77. The van der Waals surface area contributed by atoms with Crippen molar-refractivity contribution in [2.24, 2.45) is 0 Å². The van der Waals surface area contributed by atoms with Crippen molar-refractivity contribution >= 4 is 27.3 Å². The molecule has 5 nitrogen and oxygen atoms in total. The Morgan fingerprint density at radius 1 is 1.31 bits per heavy atom. The highest BCUT2D eigenvalue weighted by molar-refractivity contribution is 7.89. The van der Waals surface area contributed by atoms with Crippen LogP contribution in [0.3, 0.4) is 0 Å². The zero-order valence-electron chi connectivity index (χ0n) is 15.0. The smallest absolute Gasteiger partial charge is 0.254 e. The second-order valence-corrected chi connectivity index (χ2v) is 9.32. The van der Waals surface area contributed by atoms with Crippen LogP contribution < -0.4 is 4.72 Å². The molecule has 1 fully saturated rings. The highest BCUT2D eigenvalue weighted by Crippen LogP contribution is 2.35. The van der Waals surface area contributed by atoms with E-state index in [1.54, 1.807) is 23.5 Å². The summed E-state index contributed by atoms with van der Waals surface area (Å²) in [6.07, 6.45) is 2.67. The molecule has 0 spiro atoms. The molecule has 2 atom stereocenters. The second-order valence-electron chi connectivity index (χ2n) is 6.63. The lowest BCUT2D eigenvalue weighted by atomic mass is 10.1. The van der Waals surface area contributed by atoms with Crippen LogP contribution in [0.1, 0.15) is 54.4 Å². The molecular weight excluding hydrogens is 368 g/mol. The van der Waals surface area contributed by atoms with Crippen LogP contribution in [-0.4, -0.2) is 31.8 Å². The van der Waals surface area contributed by atoms with Gasteiger partial charge < -0.3 is 4.90 Å². The topological polar surface area (TPSA) is 66.5 Å². The van der Waals surface area contributed by atoms with Gasteiger partial charge in [-0.2, -0.15) is 0 Å². The van der Waals surface area contributed by atoms with Crippen LogP contribution in [0.15, 0.2) is 46.7 Å². The molecule has 1 amide bonds. The van der Waals surface area contributed by atoms with Crippen LogP contribution in [0.4, 0.5) is 0 Å². The van der Waals surface area contributed by atoms with Crippen LogP contribution in [0.2, 0.25) is 0 Å². The summed E-state index contributed by atoms with van der Waals surface area (Å²) in [7, 11) is -3.55. The number of carbonyl (C=O) groups excluding carboxylic acids is 1. The van der Waals surface area contributed by atoms with E-state index >= 15 is 0 Å². The van der Waals surface area contributed by atoms with Gasteiger partial charge in [0, 0.05) is 23.0 Å². The zero-order valence-corrected chi connectivity index (χ0v) is 16.6. The van der Waals surface area contributed by atoms with E-state index in [4.69, 9.17) is 0 Å². The number of carbonyl (C=O) groups is 1. The lowest BCUT2D eigenvalue weighted by Crippen LogP contribution is -2.32. The Morgan fingerprint density at radius 2 is 2.04 bits per heavy atom. The first kappa shape index (κ1) is 19.1. The Labute approximate surface area is 159 Å². The highest BCUT2D eigenvalue weighted by Gasteiger charge is 2.31. The van der Waals surface area contributed by atoms with Gasteiger partial charge in [0.25, 0.3) is 5.91 Å². The van der Waals surface area contributed by atoms with Crippen LogP contribution in [-0.2, 0) is 10.0 Å². The summed E-state index contributed by atoms with van der Waals surface area (Å²) in [5, 5.41) is 2.03. The van der Waals surface area contributed by atoms with Crippen molar-refractivity contribution < 1.29 is 13.2 Å². The number of thiophene rings is 1. The Kier molecular flexibility index (Phi) is 5.79. The number of likely N-dealkylation sites (tertiary alicyclic amines) is 1. The van der Waals surface area contributed by atoms with Crippen LogP contribution >= 0.6 is 11.3 Å².